The Balaban J connectivity index is 3.83. The molecule has 0 bridgehead atoms. The van der Waals surface area contributed by atoms with Gasteiger partial charge in [0.15, 0.2) is 0 Å². The van der Waals surface area contributed by atoms with Crippen molar-refractivity contribution in [2.45, 2.75) is 60.3 Å². The van der Waals surface area contributed by atoms with Crippen molar-refractivity contribution in [3.63, 3.8) is 0 Å². The molecule has 1 aromatic carbocycles. The van der Waals surface area contributed by atoms with Gasteiger partial charge in [0.2, 0.25) is 0 Å². The zero-order valence-corrected chi connectivity index (χ0v) is 18.7. The van der Waals surface area contributed by atoms with Crippen LogP contribution in [0.3, 0.4) is 0 Å². The summed E-state index contributed by atoms with van der Waals surface area (Å²) in [4.78, 5) is 0. The largest absolute Gasteiger partial charge is 0.460 e. The van der Waals surface area contributed by atoms with E-state index < -0.39 is 79.9 Å². The minimum absolute atomic E-state index is 0.570. The van der Waals surface area contributed by atoms with Crippen LogP contribution in [0.4, 0.5) is 80.3 Å². The van der Waals surface area contributed by atoms with Gasteiger partial charge in [-0.3, -0.25) is 4.31 Å². The topological polar surface area (TPSA) is 37.4 Å². The SMILES string of the molecule is CCCN(c1ccccc1)S(=O)(=O)C(F)(F)C(F)(F)C(F)(F)C(F)(F)C(F)(F)C(F)(F)C(F)(F)C(F)(F)F. The van der Waals surface area contributed by atoms with Gasteiger partial charge in [-0.25, -0.2) is 0 Å². The molecule has 0 spiro atoms. The molecular formula is C17H12F17NO2S. The van der Waals surface area contributed by atoms with Crippen molar-refractivity contribution in [3.05, 3.63) is 30.3 Å². The minimum atomic E-state index is -8.86. The number of sulfonamides is 1. The second-order valence-electron chi connectivity index (χ2n) is 7.37. The van der Waals surface area contributed by atoms with E-state index in [1.807, 2.05) is 0 Å². The molecule has 0 heterocycles. The van der Waals surface area contributed by atoms with E-state index in [-0.39, 0.29) is 0 Å². The normalized spacial score (nSPS) is 15.5. The van der Waals surface area contributed by atoms with Gasteiger partial charge in [-0.1, -0.05) is 25.1 Å². The number of alkyl halides is 17. The van der Waals surface area contributed by atoms with E-state index >= 15 is 0 Å². The van der Waals surface area contributed by atoms with Crippen LogP contribution in [0.1, 0.15) is 13.3 Å². The van der Waals surface area contributed by atoms with E-state index in [4.69, 9.17) is 0 Å². The number of hydrogen-bond acceptors (Lipinski definition) is 2. The lowest BCUT2D eigenvalue weighted by Crippen LogP contribution is -2.75. The summed E-state index contributed by atoms with van der Waals surface area (Å²) in [6.07, 6.45) is -8.45. The van der Waals surface area contributed by atoms with Gasteiger partial charge in [0.25, 0.3) is 0 Å². The summed E-state index contributed by atoms with van der Waals surface area (Å²) < 4.78 is 252. The second-order valence-corrected chi connectivity index (χ2v) is 9.28. The molecule has 21 heteroatoms. The van der Waals surface area contributed by atoms with Gasteiger partial charge < -0.3 is 0 Å². The molecule has 222 valence electrons. The minimum Gasteiger partial charge on any atom is -0.265 e. The fraction of sp³-hybridized carbons (Fsp3) is 0.647. The highest BCUT2D eigenvalue weighted by atomic mass is 32.2. The van der Waals surface area contributed by atoms with Gasteiger partial charge >= 0.3 is 57.0 Å². The lowest BCUT2D eigenvalue weighted by molar-refractivity contribution is -0.458. The highest BCUT2D eigenvalue weighted by molar-refractivity contribution is 7.93. The predicted molar refractivity (Wildman–Crippen MR) is 93.7 cm³/mol. The van der Waals surface area contributed by atoms with Crippen LogP contribution in [0.25, 0.3) is 0 Å². The zero-order valence-electron chi connectivity index (χ0n) is 17.9. The summed E-state index contributed by atoms with van der Waals surface area (Å²) >= 11 is 0. The molecule has 0 atom stereocenters. The van der Waals surface area contributed by atoms with Crippen LogP contribution < -0.4 is 4.31 Å². The molecule has 0 N–H and O–H groups in total. The number of benzene rings is 1. The molecule has 0 saturated heterocycles. The maximum Gasteiger partial charge on any atom is 0.460 e. The van der Waals surface area contributed by atoms with Crippen LogP contribution in [0.2, 0.25) is 0 Å². The Morgan fingerprint density at radius 1 is 0.579 bits per heavy atom. The molecule has 38 heavy (non-hydrogen) atoms. The van der Waals surface area contributed by atoms with Gasteiger partial charge in [-0.15, -0.1) is 0 Å². The molecule has 0 amide bonds. The summed E-state index contributed by atoms with van der Waals surface area (Å²) in [6, 6.07) is 4.00. The van der Waals surface area contributed by atoms with E-state index in [2.05, 4.69) is 0 Å². The van der Waals surface area contributed by atoms with Gasteiger partial charge in [-0.05, 0) is 18.6 Å². The molecule has 3 nitrogen and oxygen atoms in total. The Hall–Kier alpha value is -2.22. The van der Waals surface area contributed by atoms with Crippen LogP contribution >= 0.6 is 0 Å². The summed E-state index contributed by atoms with van der Waals surface area (Å²) in [5.41, 5.74) is -0.999. The molecule has 0 fully saturated rings. The fourth-order valence-electron chi connectivity index (χ4n) is 2.64. The van der Waals surface area contributed by atoms with Crippen molar-refractivity contribution in [3.8, 4) is 0 Å². The van der Waals surface area contributed by atoms with Crippen molar-refractivity contribution >= 4 is 15.7 Å². The molecule has 0 unspecified atom stereocenters. The van der Waals surface area contributed by atoms with E-state index in [0.29, 0.717) is 12.1 Å². The molecule has 0 aliphatic rings. The Morgan fingerprint density at radius 3 is 1.26 bits per heavy atom. The van der Waals surface area contributed by atoms with Crippen LogP contribution in [-0.4, -0.2) is 61.9 Å². The number of anilines is 1. The van der Waals surface area contributed by atoms with Crippen LogP contribution in [0.15, 0.2) is 30.3 Å². The van der Waals surface area contributed by atoms with Gasteiger partial charge in [0.1, 0.15) is 0 Å². The quantitative estimate of drug-likeness (QED) is 0.247. The average Bonchev–Trinajstić information content (AvgIpc) is 2.76. The van der Waals surface area contributed by atoms with Crippen molar-refractivity contribution in [1.29, 1.82) is 0 Å². The number of halogens is 17. The fourth-order valence-corrected chi connectivity index (χ4v) is 4.19. The molecular weight excluding hydrogens is 605 g/mol. The van der Waals surface area contributed by atoms with Crippen LogP contribution in [0.5, 0.6) is 0 Å². The third kappa shape index (κ3) is 4.40. The monoisotopic (exact) mass is 617 g/mol. The number of rotatable bonds is 11. The maximum atomic E-state index is 14.4. The second kappa shape index (κ2) is 9.46. The highest BCUT2D eigenvalue weighted by Gasteiger charge is 2.96. The Bertz CT molecular complexity index is 1080. The first-order valence-electron chi connectivity index (χ1n) is 9.34. The summed E-state index contributed by atoms with van der Waals surface area (Å²) in [7, 11) is -7.37. The van der Waals surface area contributed by atoms with Gasteiger partial charge in [0, 0.05) is 6.54 Å². The van der Waals surface area contributed by atoms with E-state index in [9.17, 15) is 83.1 Å². The first-order valence-corrected chi connectivity index (χ1v) is 10.8. The molecule has 1 aromatic rings. The van der Waals surface area contributed by atoms with E-state index in [1.54, 1.807) is 0 Å². The van der Waals surface area contributed by atoms with E-state index in [0.717, 1.165) is 25.1 Å². The Labute approximate surface area is 201 Å². The van der Waals surface area contributed by atoms with Crippen molar-refractivity contribution in [1.82, 2.24) is 0 Å². The summed E-state index contributed by atoms with van der Waals surface area (Å²) in [5.74, 6) is -51.7. The third-order valence-electron chi connectivity index (χ3n) is 4.78. The molecule has 1 rings (SSSR count). The number of hydrogen-bond donors (Lipinski definition) is 0. The van der Waals surface area contributed by atoms with Gasteiger partial charge in [0.05, 0.1) is 5.69 Å². The predicted octanol–water partition coefficient (Wildman–Crippen LogP) is 7.20. The molecule has 0 aliphatic heterocycles. The van der Waals surface area contributed by atoms with Crippen LogP contribution in [-0.2, 0) is 10.0 Å². The summed E-state index contributed by atoms with van der Waals surface area (Å²) in [5, 5.41) is -7.59. The van der Waals surface area contributed by atoms with Crippen LogP contribution in [0, 0.1) is 0 Å². The van der Waals surface area contributed by atoms with Crippen molar-refractivity contribution in [2.24, 2.45) is 0 Å². The molecule has 0 aliphatic carbocycles. The Kier molecular flexibility index (Phi) is 8.41. The highest BCUT2D eigenvalue weighted by Crippen LogP contribution is 2.64. The average molecular weight is 617 g/mol. The third-order valence-corrected chi connectivity index (χ3v) is 6.66. The van der Waals surface area contributed by atoms with Crippen molar-refractivity contribution in [2.75, 3.05) is 10.8 Å². The van der Waals surface area contributed by atoms with Gasteiger partial charge in [-0.2, -0.15) is 83.1 Å². The lowest BCUT2D eigenvalue weighted by Gasteiger charge is -2.43. The first-order chi connectivity index (χ1) is 16.6. The Morgan fingerprint density at radius 2 is 0.921 bits per heavy atom. The first kappa shape index (κ1) is 33.8. The van der Waals surface area contributed by atoms with Crippen molar-refractivity contribution < 1.29 is 83.1 Å². The molecule has 0 aromatic heterocycles. The standard InChI is InChI=1S/C17H12F17NO2S/c1-2-8-35(9-6-4-3-5-7-9)38(36,37)17(33,34)15(28,29)13(24,25)11(20,21)10(18,19)12(22,23)14(26,27)16(30,31)32/h3-7H,2,8H2,1H3. The summed E-state index contributed by atoms with van der Waals surface area (Å²) in [6.45, 7) is -0.278. The number of para-hydroxylation sites is 1. The molecule has 0 radical (unpaired) electrons. The maximum absolute atomic E-state index is 14.4. The number of nitrogens with zero attached hydrogens (tertiary/aromatic N) is 1. The smallest absolute Gasteiger partial charge is 0.265 e. The lowest BCUT2D eigenvalue weighted by atomic mass is 9.91. The van der Waals surface area contributed by atoms with E-state index in [1.165, 1.54) is 0 Å². The molecule has 0 saturated carbocycles. The zero-order chi connectivity index (χ0) is 30.6.